The van der Waals surface area contributed by atoms with Gasteiger partial charge in [-0.05, 0) is 55.3 Å². The van der Waals surface area contributed by atoms with E-state index >= 15 is 4.39 Å². The highest BCUT2D eigenvalue weighted by atomic mass is 79.9. The van der Waals surface area contributed by atoms with Crippen LogP contribution in [0.15, 0.2) is 9.63 Å². The van der Waals surface area contributed by atoms with E-state index in [0.29, 0.717) is 47.0 Å². The Morgan fingerprint density at radius 2 is 1.97 bits per heavy atom. The van der Waals surface area contributed by atoms with Gasteiger partial charge in [0.2, 0.25) is 0 Å². The molecule has 0 aliphatic carbocycles. The van der Waals surface area contributed by atoms with Crippen molar-refractivity contribution in [1.29, 1.82) is 0 Å². The number of ether oxygens (including phenoxy) is 2. The van der Waals surface area contributed by atoms with Gasteiger partial charge in [0.05, 0.1) is 16.5 Å². The van der Waals surface area contributed by atoms with Crippen molar-refractivity contribution in [2.24, 2.45) is 0 Å². The van der Waals surface area contributed by atoms with E-state index < -0.39 is 11.4 Å². The highest BCUT2D eigenvalue weighted by molar-refractivity contribution is 9.10. The molecule has 2 atom stereocenters. The van der Waals surface area contributed by atoms with Crippen LogP contribution in [0.1, 0.15) is 46.1 Å². The van der Waals surface area contributed by atoms with E-state index in [1.165, 1.54) is 11.8 Å². The lowest BCUT2D eigenvalue weighted by Gasteiger charge is -2.42. The lowest BCUT2D eigenvalue weighted by Crippen LogP contribution is -2.56. The van der Waals surface area contributed by atoms with Crippen molar-refractivity contribution in [1.82, 2.24) is 14.9 Å². The van der Waals surface area contributed by atoms with E-state index in [2.05, 4.69) is 25.8 Å². The second kappa shape index (κ2) is 8.45. The van der Waals surface area contributed by atoms with Crippen LogP contribution in [0.3, 0.4) is 0 Å². The van der Waals surface area contributed by atoms with E-state index in [0.717, 1.165) is 35.4 Å². The highest BCUT2D eigenvalue weighted by Gasteiger charge is 2.44. The summed E-state index contributed by atoms with van der Waals surface area (Å²) in [4.78, 5) is 26.4. The molecular weight excluding hydrogens is 511 g/mol. The Labute approximate surface area is 205 Å². The Morgan fingerprint density at radius 3 is 2.61 bits per heavy atom. The zero-order chi connectivity index (χ0) is 23.5. The van der Waals surface area contributed by atoms with Gasteiger partial charge < -0.3 is 19.3 Å². The first kappa shape index (κ1) is 23.0. The summed E-state index contributed by atoms with van der Waals surface area (Å²) in [5.41, 5.74) is 0.754. The van der Waals surface area contributed by atoms with E-state index in [9.17, 15) is 4.79 Å². The van der Waals surface area contributed by atoms with Gasteiger partial charge in [-0.3, -0.25) is 0 Å². The Balaban J connectivity index is 1.59. The van der Waals surface area contributed by atoms with E-state index in [-0.39, 0.29) is 18.2 Å². The molecule has 0 radical (unpaired) electrons. The predicted octanol–water partition coefficient (Wildman–Crippen LogP) is 5.17. The summed E-state index contributed by atoms with van der Waals surface area (Å²) in [5.74, 6) is 1.70. The molecule has 178 valence electrons. The van der Waals surface area contributed by atoms with Gasteiger partial charge in [0.25, 0.3) is 0 Å². The molecule has 5 rings (SSSR count). The van der Waals surface area contributed by atoms with Crippen molar-refractivity contribution in [2.45, 2.75) is 69.8 Å². The summed E-state index contributed by atoms with van der Waals surface area (Å²) >= 11 is 4.89. The second-order valence-corrected chi connectivity index (χ2v) is 11.7. The first-order chi connectivity index (χ1) is 15.7. The molecule has 3 aliphatic heterocycles. The first-order valence-electron chi connectivity index (χ1n) is 11.4. The molecule has 2 bridgehead atoms. The number of carbonyl (C=O) groups is 1. The molecule has 33 heavy (non-hydrogen) atoms. The smallest absolute Gasteiger partial charge is 0.410 e. The second-order valence-electron chi connectivity index (χ2n) is 9.70. The van der Waals surface area contributed by atoms with Gasteiger partial charge in [-0.1, -0.05) is 18.7 Å². The molecule has 0 spiro atoms. The summed E-state index contributed by atoms with van der Waals surface area (Å²) in [6.07, 6.45) is 2.31. The third kappa shape index (κ3) is 4.03. The van der Waals surface area contributed by atoms with Crippen LogP contribution in [-0.2, 0) is 11.2 Å². The number of likely N-dealkylation sites (tertiary alicyclic amines) is 1. The van der Waals surface area contributed by atoms with E-state index in [1.54, 1.807) is 4.90 Å². The van der Waals surface area contributed by atoms with Crippen molar-refractivity contribution in [3.8, 4) is 5.75 Å². The summed E-state index contributed by atoms with van der Waals surface area (Å²) in [6, 6.07) is 0.192. The van der Waals surface area contributed by atoms with Gasteiger partial charge in [0.1, 0.15) is 22.7 Å². The molecule has 7 nitrogen and oxygen atoms in total. The Kier molecular flexibility index (Phi) is 5.87. The van der Waals surface area contributed by atoms with Crippen LogP contribution in [0, 0.1) is 5.82 Å². The van der Waals surface area contributed by atoms with Crippen LogP contribution in [-0.4, -0.2) is 64.1 Å². The van der Waals surface area contributed by atoms with Gasteiger partial charge >= 0.3 is 6.09 Å². The minimum Gasteiger partial charge on any atom is -0.492 e. The largest absolute Gasteiger partial charge is 0.492 e. The van der Waals surface area contributed by atoms with Crippen molar-refractivity contribution >= 4 is 50.5 Å². The topological polar surface area (TPSA) is 67.8 Å². The molecular formula is C23H28BrFN4O3S. The maximum atomic E-state index is 15.4. The minimum atomic E-state index is -0.534. The molecule has 0 N–H and O–H groups in total. The first-order valence-corrected chi connectivity index (χ1v) is 13.2. The third-order valence-electron chi connectivity index (χ3n) is 6.30. The number of aromatic nitrogens is 2. The van der Waals surface area contributed by atoms with Gasteiger partial charge in [0.15, 0.2) is 11.0 Å². The van der Waals surface area contributed by atoms with Crippen molar-refractivity contribution in [3.05, 3.63) is 15.9 Å². The maximum Gasteiger partial charge on any atom is 0.410 e. The number of benzene rings is 1. The monoisotopic (exact) mass is 538 g/mol. The summed E-state index contributed by atoms with van der Waals surface area (Å²) in [7, 11) is 0. The summed E-state index contributed by atoms with van der Waals surface area (Å²) in [6.45, 7) is 9.30. The van der Waals surface area contributed by atoms with Crippen molar-refractivity contribution < 1.29 is 18.7 Å². The molecule has 4 heterocycles. The Bertz CT molecular complexity index is 1110. The lowest BCUT2D eigenvalue weighted by molar-refractivity contribution is 0.0209. The lowest BCUT2D eigenvalue weighted by atomic mass is 10.0. The van der Waals surface area contributed by atoms with Crippen LogP contribution in [0.4, 0.5) is 15.0 Å². The van der Waals surface area contributed by atoms with Gasteiger partial charge in [-0.15, -0.1) is 0 Å². The molecule has 2 fully saturated rings. The van der Waals surface area contributed by atoms with Crippen LogP contribution in [0.5, 0.6) is 5.75 Å². The van der Waals surface area contributed by atoms with Crippen molar-refractivity contribution in [2.75, 3.05) is 30.3 Å². The highest BCUT2D eigenvalue weighted by Crippen LogP contribution is 2.46. The number of nitrogens with zero attached hydrogens (tertiary/aromatic N) is 4. The number of hydrogen-bond donors (Lipinski definition) is 0. The average molecular weight is 539 g/mol. The molecule has 10 heteroatoms. The van der Waals surface area contributed by atoms with Gasteiger partial charge in [-0.2, -0.15) is 0 Å². The predicted molar refractivity (Wildman–Crippen MR) is 130 cm³/mol. The Morgan fingerprint density at radius 1 is 1.27 bits per heavy atom. The quantitative estimate of drug-likeness (QED) is 0.394. The number of anilines is 1. The molecule has 3 aliphatic rings. The van der Waals surface area contributed by atoms with Crippen LogP contribution in [0.2, 0.25) is 0 Å². The maximum absolute atomic E-state index is 15.4. The number of thioether (sulfide) groups is 1. The van der Waals surface area contributed by atoms with E-state index in [4.69, 9.17) is 14.5 Å². The van der Waals surface area contributed by atoms with Crippen LogP contribution >= 0.6 is 27.7 Å². The molecule has 1 aromatic carbocycles. The fraction of sp³-hybridized carbons (Fsp3) is 0.609. The summed E-state index contributed by atoms with van der Waals surface area (Å²) in [5, 5.41) is 1.31. The molecule has 0 saturated carbocycles. The third-order valence-corrected chi connectivity index (χ3v) is 7.73. The molecule has 2 saturated heterocycles. The number of fused-ring (bicyclic) bond motifs is 5. The molecule has 1 amide bonds. The zero-order valence-electron chi connectivity index (χ0n) is 19.3. The zero-order valence-corrected chi connectivity index (χ0v) is 21.7. The van der Waals surface area contributed by atoms with Gasteiger partial charge in [0, 0.05) is 37.2 Å². The Hall–Kier alpha value is -1.81. The number of rotatable bonds is 3. The minimum absolute atomic E-state index is 0.0959. The fourth-order valence-corrected chi connectivity index (χ4v) is 6.17. The standard InChI is InChI=1S/C23H28BrFN4O3S/c1-5-33-21-26-18-15(14-8-9-31-19(14)16(24)17(18)25)20(27-21)29-12-6-7-13(29)11-28(10-12)22(30)32-23(2,3)4/h12-13H,5-11H2,1-4H3/t12-,13+. The molecule has 2 aromatic rings. The number of piperazine rings is 1. The number of hydrogen-bond acceptors (Lipinski definition) is 7. The van der Waals surface area contributed by atoms with E-state index in [1.807, 2.05) is 27.7 Å². The fourth-order valence-electron chi connectivity index (χ4n) is 5.06. The molecule has 0 unspecified atom stereocenters. The van der Waals surface area contributed by atoms with Crippen LogP contribution in [0.25, 0.3) is 10.9 Å². The number of amides is 1. The summed E-state index contributed by atoms with van der Waals surface area (Å²) < 4.78 is 27.2. The SMILES string of the molecule is CCSc1nc(N2[C@@H]3CC[C@H]2CN(C(=O)OC(C)(C)C)C3)c2c3c(c(Br)c(F)c2n1)OCC3. The van der Waals surface area contributed by atoms with Crippen molar-refractivity contribution in [3.63, 3.8) is 0 Å². The average Bonchev–Trinajstić information content (AvgIpc) is 3.33. The molecule has 1 aromatic heterocycles. The normalized spacial score (nSPS) is 22.0. The van der Waals surface area contributed by atoms with Gasteiger partial charge in [-0.25, -0.2) is 19.2 Å². The van der Waals surface area contributed by atoms with Crippen LogP contribution < -0.4 is 9.64 Å². The number of halogens is 2. The number of carbonyl (C=O) groups excluding carboxylic acids is 1.